The Hall–Kier alpha value is -3.52. The number of aryl methyl sites for hydroxylation is 2. The van der Waals surface area contributed by atoms with Gasteiger partial charge in [0.15, 0.2) is 6.10 Å². The van der Waals surface area contributed by atoms with Crippen LogP contribution in [0.3, 0.4) is 0 Å². The maximum atomic E-state index is 12.5. The first kappa shape index (κ1) is 20.7. The fourth-order valence-electron chi connectivity index (χ4n) is 3.04. The highest BCUT2D eigenvalue weighted by Crippen LogP contribution is 2.24. The van der Waals surface area contributed by atoms with Crippen LogP contribution in [0, 0.1) is 13.8 Å². The van der Waals surface area contributed by atoms with E-state index in [2.05, 4.69) is 15.4 Å². The summed E-state index contributed by atoms with van der Waals surface area (Å²) >= 11 is 1.33. The molecule has 0 fully saturated rings. The molecule has 1 atom stereocenters. The second-order valence-electron chi connectivity index (χ2n) is 7.35. The Morgan fingerprint density at radius 3 is 2.65 bits per heavy atom. The highest BCUT2D eigenvalue weighted by atomic mass is 32.1. The molecule has 0 radical (unpaired) electrons. The molecule has 0 spiro atoms. The third kappa shape index (κ3) is 4.80. The van der Waals surface area contributed by atoms with E-state index in [1.165, 1.54) is 21.9 Å². The van der Waals surface area contributed by atoms with Gasteiger partial charge >= 0.3 is 0 Å². The van der Waals surface area contributed by atoms with E-state index in [-0.39, 0.29) is 18.0 Å². The Morgan fingerprint density at radius 2 is 1.90 bits per heavy atom. The number of fused-ring (bicyclic) bond motifs is 1. The smallest absolute Gasteiger partial charge is 0.275 e. The number of amides is 1. The van der Waals surface area contributed by atoms with Crippen molar-refractivity contribution < 1.29 is 9.53 Å². The van der Waals surface area contributed by atoms with Gasteiger partial charge in [0, 0.05) is 11.6 Å². The quantitative estimate of drug-likeness (QED) is 0.502. The molecule has 158 valence electrons. The van der Waals surface area contributed by atoms with E-state index in [0.717, 1.165) is 21.7 Å². The van der Waals surface area contributed by atoms with Gasteiger partial charge in [-0.3, -0.25) is 9.59 Å². The van der Waals surface area contributed by atoms with Gasteiger partial charge in [0.1, 0.15) is 10.8 Å². The maximum absolute atomic E-state index is 12.5. The van der Waals surface area contributed by atoms with Crippen molar-refractivity contribution in [2.45, 2.75) is 33.4 Å². The molecule has 2 heterocycles. The van der Waals surface area contributed by atoms with Crippen LogP contribution in [0.1, 0.15) is 23.7 Å². The van der Waals surface area contributed by atoms with Gasteiger partial charge in [0.05, 0.1) is 12.2 Å². The van der Waals surface area contributed by atoms with E-state index in [9.17, 15) is 9.59 Å². The third-order valence-electron chi connectivity index (χ3n) is 4.71. The maximum Gasteiger partial charge on any atom is 0.275 e. The van der Waals surface area contributed by atoms with Crippen LogP contribution in [0.25, 0.3) is 15.5 Å². The summed E-state index contributed by atoms with van der Waals surface area (Å²) in [5.74, 6) is 0.340. The summed E-state index contributed by atoms with van der Waals surface area (Å²) in [4.78, 5) is 29.9. The average Bonchev–Trinajstić information content (AvgIpc) is 3.18. The Bertz CT molecular complexity index is 1290. The molecule has 0 saturated carbocycles. The number of nitrogens with zero attached hydrogens (tertiary/aromatic N) is 3. The number of aromatic nitrogens is 3. The van der Waals surface area contributed by atoms with Crippen molar-refractivity contribution >= 4 is 22.2 Å². The number of benzene rings is 2. The van der Waals surface area contributed by atoms with E-state index >= 15 is 0 Å². The average molecular weight is 435 g/mol. The monoisotopic (exact) mass is 434 g/mol. The van der Waals surface area contributed by atoms with Crippen LogP contribution in [-0.4, -0.2) is 26.6 Å². The number of carbonyl (C=O) groups is 1. The molecule has 1 N–H and O–H groups in total. The van der Waals surface area contributed by atoms with Crippen LogP contribution in [0.15, 0.2) is 59.4 Å². The summed E-state index contributed by atoms with van der Waals surface area (Å²) in [7, 11) is 0. The summed E-state index contributed by atoms with van der Waals surface area (Å²) in [6.45, 7) is 5.80. The SMILES string of the molecule is Cc1ccc(O[C@@H](C)C(=O)NCc2cc(=O)n3nc(-c4cccc(C)c4)sc3n2)cc1. The van der Waals surface area contributed by atoms with Crippen LogP contribution in [0.5, 0.6) is 5.75 Å². The molecular weight excluding hydrogens is 412 g/mol. The first-order valence-corrected chi connectivity index (χ1v) is 10.7. The van der Waals surface area contributed by atoms with Gasteiger partial charge in [0.2, 0.25) is 4.96 Å². The summed E-state index contributed by atoms with van der Waals surface area (Å²) in [5.41, 5.74) is 3.36. The van der Waals surface area contributed by atoms with Crippen molar-refractivity contribution in [1.29, 1.82) is 0 Å². The van der Waals surface area contributed by atoms with Gasteiger partial charge in [-0.05, 0) is 39.0 Å². The van der Waals surface area contributed by atoms with E-state index < -0.39 is 6.10 Å². The molecule has 0 aliphatic rings. The van der Waals surface area contributed by atoms with Gasteiger partial charge < -0.3 is 10.1 Å². The Balaban J connectivity index is 1.46. The third-order valence-corrected chi connectivity index (χ3v) is 5.67. The van der Waals surface area contributed by atoms with Crippen molar-refractivity contribution in [1.82, 2.24) is 19.9 Å². The molecular formula is C23H22N4O3S. The van der Waals surface area contributed by atoms with Gasteiger partial charge in [-0.15, -0.1) is 0 Å². The molecule has 0 aliphatic heterocycles. The molecule has 2 aromatic heterocycles. The molecule has 4 rings (SSSR count). The van der Waals surface area contributed by atoms with Gasteiger partial charge in [-0.25, -0.2) is 4.98 Å². The van der Waals surface area contributed by atoms with Crippen LogP contribution >= 0.6 is 11.3 Å². The molecule has 31 heavy (non-hydrogen) atoms. The van der Waals surface area contributed by atoms with E-state index in [1.807, 2.05) is 62.4 Å². The molecule has 0 unspecified atom stereocenters. The molecule has 8 heteroatoms. The Morgan fingerprint density at radius 1 is 1.13 bits per heavy atom. The summed E-state index contributed by atoms with van der Waals surface area (Å²) < 4.78 is 6.96. The molecule has 4 aromatic rings. The fraction of sp³-hybridized carbons (Fsp3) is 0.217. The van der Waals surface area contributed by atoms with Gasteiger partial charge in [0.25, 0.3) is 11.5 Å². The minimum absolute atomic E-state index is 0.129. The first-order valence-electron chi connectivity index (χ1n) is 9.87. The molecule has 2 aromatic carbocycles. The fourth-order valence-corrected chi connectivity index (χ4v) is 3.96. The molecule has 1 amide bonds. The van der Waals surface area contributed by atoms with Crippen LogP contribution in [0.2, 0.25) is 0 Å². The van der Waals surface area contributed by atoms with Crippen molar-refractivity contribution in [2.24, 2.45) is 0 Å². The zero-order chi connectivity index (χ0) is 22.0. The highest BCUT2D eigenvalue weighted by molar-refractivity contribution is 7.19. The second-order valence-corrected chi connectivity index (χ2v) is 8.30. The van der Waals surface area contributed by atoms with Crippen LogP contribution in [0.4, 0.5) is 0 Å². The predicted octanol–water partition coefficient (Wildman–Crippen LogP) is 3.52. The number of hydrogen-bond acceptors (Lipinski definition) is 6. The minimum atomic E-state index is -0.677. The zero-order valence-corrected chi connectivity index (χ0v) is 18.3. The molecule has 7 nitrogen and oxygen atoms in total. The number of carbonyl (C=O) groups excluding carboxylic acids is 1. The highest BCUT2D eigenvalue weighted by Gasteiger charge is 2.16. The largest absolute Gasteiger partial charge is 0.481 e. The number of ether oxygens (including phenoxy) is 1. The topological polar surface area (TPSA) is 85.6 Å². The summed E-state index contributed by atoms with van der Waals surface area (Å²) in [6, 6.07) is 16.8. The molecule has 0 bridgehead atoms. The minimum Gasteiger partial charge on any atom is -0.481 e. The Labute approximate surface area is 183 Å². The lowest BCUT2D eigenvalue weighted by Gasteiger charge is -2.14. The van der Waals surface area contributed by atoms with E-state index in [0.29, 0.717) is 16.4 Å². The number of hydrogen-bond donors (Lipinski definition) is 1. The number of nitrogens with one attached hydrogen (secondary N) is 1. The first-order chi connectivity index (χ1) is 14.9. The van der Waals surface area contributed by atoms with Crippen molar-refractivity contribution in [3.63, 3.8) is 0 Å². The summed E-state index contributed by atoms with van der Waals surface area (Å²) in [5, 5.41) is 7.89. The van der Waals surface area contributed by atoms with Crippen molar-refractivity contribution in [2.75, 3.05) is 0 Å². The normalized spacial score (nSPS) is 12.0. The van der Waals surface area contributed by atoms with Crippen LogP contribution < -0.4 is 15.6 Å². The zero-order valence-electron chi connectivity index (χ0n) is 17.5. The van der Waals surface area contributed by atoms with Gasteiger partial charge in [-0.2, -0.15) is 9.61 Å². The number of rotatable bonds is 6. The lowest BCUT2D eigenvalue weighted by Crippen LogP contribution is -2.36. The van der Waals surface area contributed by atoms with Crippen molar-refractivity contribution in [3.8, 4) is 16.3 Å². The van der Waals surface area contributed by atoms with Gasteiger partial charge in [-0.1, -0.05) is 52.8 Å². The van der Waals surface area contributed by atoms with E-state index in [1.54, 1.807) is 6.92 Å². The lowest BCUT2D eigenvalue weighted by atomic mass is 10.1. The Kier molecular flexibility index (Phi) is 5.81. The van der Waals surface area contributed by atoms with Crippen LogP contribution in [-0.2, 0) is 11.3 Å². The van der Waals surface area contributed by atoms with E-state index in [4.69, 9.17) is 4.74 Å². The summed E-state index contributed by atoms with van der Waals surface area (Å²) in [6.07, 6.45) is -0.677. The standard InChI is InChI=1S/C23H22N4O3S/c1-14-7-9-19(10-8-14)30-16(3)21(29)24-13-18-12-20(28)27-23(25-18)31-22(26-27)17-6-4-5-15(2)11-17/h4-12,16H,13H2,1-3H3,(H,24,29)/t16-/m0/s1. The molecule has 0 saturated heterocycles. The lowest BCUT2D eigenvalue weighted by molar-refractivity contribution is -0.127. The predicted molar refractivity (Wildman–Crippen MR) is 120 cm³/mol. The second kappa shape index (κ2) is 8.69. The van der Waals surface area contributed by atoms with Crippen molar-refractivity contribution in [3.05, 3.63) is 81.8 Å². The molecule has 0 aliphatic carbocycles.